The number of hydrogen-bond donors (Lipinski definition) is 3. The lowest BCUT2D eigenvalue weighted by Gasteiger charge is -2.22. The van der Waals surface area contributed by atoms with Crippen LogP contribution in [0.1, 0.15) is 30.6 Å². The third-order valence-electron chi connectivity index (χ3n) is 3.61. The molecule has 0 radical (unpaired) electrons. The summed E-state index contributed by atoms with van der Waals surface area (Å²) in [6.07, 6.45) is 0.704. The highest BCUT2D eigenvalue weighted by atomic mass is 16.5. The van der Waals surface area contributed by atoms with Gasteiger partial charge in [0.1, 0.15) is 6.04 Å². The summed E-state index contributed by atoms with van der Waals surface area (Å²) in [7, 11) is 2.93. The molecule has 1 aromatic rings. The summed E-state index contributed by atoms with van der Waals surface area (Å²) in [5.41, 5.74) is 11.6. The molecule has 0 fully saturated rings. The van der Waals surface area contributed by atoms with Crippen LogP contribution in [0, 0.1) is 5.92 Å². The topological polar surface area (TPSA) is 117 Å². The smallest absolute Gasteiger partial charge is 0.254 e. The minimum Gasteiger partial charge on any atom is -0.493 e. The number of nitrogen functional groups attached to an aromatic ring is 1. The minimum atomic E-state index is -0.759. The Hall–Kier alpha value is -2.44. The van der Waals surface area contributed by atoms with Gasteiger partial charge in [-0.25, -0.2) is 0 Å². The fourth-order valence-electron chi connectivity index (χ4n) is 2.04. The third-order valence-corrected chi connectivity index (χ3v) is 3.61. The lowest BCUT2D eigenvalue weighted by molar-refractivity contribution is -0.120. The normalized spacial score (nSPS) is 13.1. The van der Waals surface area contributed by atoms with E-state index in [4.69, 9.17) is 20.9 Å². The molecule has 0 aliphatic carbocycles. The van der Waals surface area contributed by atoms with E-state index in [0.29, 0.717) is 17.9 Å². The van der Waals surface area contributed by atoms with Crippen LogP contribution in [-0.2, 0) is 4.79 Å². The van der Waals surface area contributed by atoms with Crippen LogP contribution in [0.2, 0.25) is 0 Å². The van der Waals surface area contributed by atoms with Crippen molar-refractivity contribution >= 4 is 17.5 Å². The Bertz CT molecular complexity index is 560. The van der Waals surface area contributed by atoms with Crippen LogP contribution in [0.3, 0.4) is 0 Å². The quantitative estimate of drug-likeness (QED) is 0.647. The van der Waals surface area contributed by atoms with Crippen molar-refractivity contribution in [3.63, 3.8) is 0 Å². The molecule has 2 unspecified atom stereocenters. The van der Waals surface area contributed by atoms with Crippen LogP contribution in [0.15, 0.2) is 12.1 Å². The zero-order valence-electron chi connectivity index (χ0n) is 13.3. The first-order chi connectivity index (χ1) is 10.3. The van der Waals surface area contributed by atoms with Gasteiger partial charge in [-0.15, -0.1) is 0 Å². The molecule has 0 aliphatic heterocycles. The second-order valence-electron chi connectivity index (χ2n) is 5.03. The second kappa shape index (κ2) is 7.53. The molecule has 2 amide bonds. The SMILES string of the molecule is CCC(C)C(NC(=O)c1cc(OC)c(OC)cc1N)C(N)=O. The molecule has 7 heteroatoms. The monoisotopic (exact) mass is 309 g/mol. The fourth-order valence-corrected chi connectivity index (χ4v) is 2.04. The van der Waals surface area contributed by atoms with Crippen LogP contribution in [0.4, 0.5) is 5.69 Å². The Balaban J connectivity index is 3.09. The fraction of sp³-hybridized carbons (Fsp3) is 0.467. The lowest BCUT2D eigenvalue weighted by Crippen LogP contribution is -2.48. The summed E-state index contributed by atoms with van der Waals surface area (Å²) in [6.45, 7) is 3.76. The molecule has 0 bridgehead atoms. The van der Waals surface area contributed by atoms with E-state index in [1.165, 1.54) is 26.4 Å². The van der Waals surface area contributed by atoms with Gasteiger partial charge in [0, 0.05) is 11.8 Å². The zero-order chi connectivity index (χ0) is 16.9. The number of amides is 2. The van der Waals surface area contributed by atoms with E-state index in [0.717, 1.165) is 0 Å². The number of benzene rings is 1. The van der Waals surface area contributed by atoms with E-state index in [1.807, 2.05) is 13.8 Å². The highest BCUT2D eigenvalue weighted by Crippen LogP contribution is 2.31. The maximum absolute atomic E-state index is 12.4. The van der Waals surface area contributed by atoms with Crippen LogP contribution in [-0.4, -0.2) is 32.1 Å². The molecule has 122 valence electrons. The van der Waals surface area contributed by atoms with Crippen LogP contribution in [0.5, 0.6) is 11.5 Å². The largest absolute Gasteiger partial charge is 0.493 e. The van der Waals surface area contributed by atoms with Gasteiger partial charge in [0.25, 0.3) is 5.91 Å². The summed E-state index contributed by atoms with van der Waals surface area (Å²) in [5.74, 6) is -0.349. The number of carbonyl (C=O) groups excluding carboxylic acids is 2. The summed E-state index contributed by atoms with van der Waals surface area (Å²) >= 11 is 0. The Morgan fingerprint density at radius 2 is 1.77 bits per heavy atom. The Morgan fingerprint density at radius 3 is 2.23 bits per heavy atom. The molecular formula is C15H23N3O4. The van der Waals surface area contributed by atoms with Gasteiger partial charge < -0.3 is 26.3 Å². The van der Waals surface area contributed by atoms with Crippen molar-refractivity contribution in [2.45, 2.75) is 26.3 Å². The van der Waals surface area contributed by atoms with Crippen molar-refractivity contribution in [3.8, 4) is 11.5 Å². The molecule has 2 atom stereocenters. The number of ether oxygens (including phenoxy) is 2. The van der Waals surface area contributed by atoms with Gasteiger partial charge in [0.2, 0.25) is 5.91 Å². The van der Waals surface area contributed by atoms with Crippen molar-refractivity contribution in [2.75, 3.05) is 20.0 Å². The van der Waals surface area contributed by atoms with Crippen molar-refractivity contribution < 1.29 is 19.1 Å². The molecule has 0 saturated heterocycles. The molecule has 0 aliphatic rings. The molecule has 5 N–H and O–H groups in total. The van der Waals surface area contributed by atoms with Gasteiger partial charge >= 0.3 is 0 Å². The molecule has 1 aromatic carbocycles. The van der Waals surface area contributed by atoms with Gasteiger partial charge in [-0.2, -0.15) is 0 Å². The van der Waals surface area contributed by atoms with Crippen molar-refractivity contribution in [3.05, 3.63) is 17.7 Å². The van der Waals surface area contributed by atoms with Gasteiger partial charge in [0.15, 0.2) is 11.5 Å². The highest BCUT2D eigenvalue weighted by molar-refractivity contribution is 6.02. The van der Waals surface area contributed by atoms with Crippen LogP contribution < -0.4 is 26.3 Å². The molecule has 0 spiro atoms. The van der Waals surface area contributed by atoms with E-state index in [-0.39, 0.29) is 17.2 Å². The minimum absolute atomic E-state index is 0.0807. The standard InChI is InChI=1S/C15H23N3O4/c1-5-8(2)13(14(17)19)18-15(20)9-6-11(21-3)12(22-4)7-10(9)16/h6-8,13H,5,16H2,1-4H3,(H2,17,19)(H,18,20). The van der Waals surface area contributed by atoms with Crippen molar-refractivity contribution in [1.29, 1.82) is 0 Å². The van der Waals surface area contributed by atoms with E-state index < -0.39 is 17.9 Å². The average molecular weight is 309 g/mol. The Morgan fingerprint density at radius 1 is 1.23 bits per heavy atom. The zero-order valence-corrected chi connectivity index (χ0v) is 13.3. The van der Waals surface area contributed by atoms with Crippen LogP contribution in [0.25, 0.3) is 0 Å². The van der Waals surface area contributed by atoms with Crippen molar-refractivity contribution in [2.24, 2.45) is 11.7 Å². The predicted molar refractivity (Wildman–Crippen MR) is 83.9 cm³/mol. The van der Waals surface area contributed by atoms with E-state index in [9.17, 15) is 9.59 Å². The molecule has 0 aromatic heterocycles. The van der Waals surface area contributed by atoms with Gasteiger partial charge in [-0.3, -0.25) is 9.59 Å². The maximum atomic E-state index is 12.4. The summed E-state index contributed by atoms with van der Waals surface area (Å²) in [6, 6.07) is 2.21. The van der Waals surface area contributed by atoms with Gasteiger partial charge in [0.05, 0.1) is 19.8 Å². The highest BCUT2D eigenvalue weighted by Gasteiger charge is 2.25. The second-order valence-corrected chi connectivity index (χ2v) is 5.03. The van der Waals surface area contributed by atoms with Crippen molar-refractivity contribution in [1.82, 2.24) is 5.32 Å². The molecule has 0 heterocycles. The summed E-state index contributed by atoms with van der Waals surface area (Å²) in [5, 5.41) is 2.62. The first-order valence-electron chi connectivity index (χ1n) is 6.97. The van der Waals surface area contributed by atoms with E-state index in [2.05, 4.69) is 5.32 Å². The third kappa shape index (κ3) is 3.81. The molecular weight excluding hydrogens is 286 g/mol. The van der Waals surface area contributed by atoms with E-state index in [1.54, 1.807) is 0 Å². The molecule has 7 nitrogen and oxygen atoms in total. The molecule has 22 heavy (non-hydrogen) atoms. The molecule has 1 rings (SSSR count). The number of nitrogens with one attached hydrogen (secondary N) is 1. The maximum Gasteiger partial charge on any atom is 0.254 e. The Labute approximate surface area is 129 Å². The average Bonchev–Trinajstić information content (AvgIpc) is 2.50. The number of nitrogens with two attached hydrogens (primary N) is 2. The number of carbonyl (C=O) groups is 2. The first-order valence-corrected chi connectivity index (χ1v) is 6.97. The van der Waals surface area contributed by atoms with Crippen LogP contribution >= 0.6 is 0 Å². The first kappa shape index (κ1) is 17.6. The number of primary amides is 1. The number of anilines is 1. The van der Waals surface area contributed by atoms with E-state index >= 15 is 0 Å². The Kier molecular flexibility index (Phi) is 6.03. The van der Waals surface area contributed by atoms with Gasteiger partial charge in [-0.05, 0) is 12.0 Å². The lowest BCUT2D eigenvalue weighted by atomic mass is 9.98. The number of methoxy groups -OCH3 is 2. The molecule has 0 saturated carbocycles. The predicted octanol–water partition coefficient (Wildman–Crippen LogP) is 0.916. The summed E-state index contributed by atoms with van der Waals surface area (Å²) < 4.78 is 10.3. The number of rotatable bonds is 7. The van der Waals surface area contributed by atoms with Gasteiger partial charge in [-0.1, -0.05) is 20.3 Å². The summed E-state index contributed by atoms with van der Waals surface area (Å²) in [4.78, 5) is 23.9. The number of hydrogen-bond acceptors (Lipinski definition) is 5.